The summed E-state index contributed by atoms with van der Waals surface area (Å²) in [6.07, 6.45) is 5.45. The molecule has 1 aliphatic rings. The number of benzene rings is 5. The molecule has 3 heterocycles. The number of aromatic nitrogens is 3. The number of hydrogen-bond donors (Lipinski definition) is 0. The molecule has 4 heteroatoms. The smallest absolute Gasteiger partial charge is 0.314 e. The minimum absolute atomic E-state index is 0. The van der Waals surface area contributed by atoms with Gasteiger partial charge in [-0.1, -0.05) is 88.4 Å². The van der Waals surface area contributed by atoms with Crippen LogP contribution < -0.4 is 4.57 Å². The summed E-state index contributed by atoms with van der Waals surface area (Å²) in [5, 5.41) is 2.52. The molecule has 0 N–H and O–H groups in total. The predicted molar refractivity (Wildman–Crippen MR) is 175 cm³/mol. The van der Waals surface area contributed by atoms with Crippen LogP contribution in [-0.4, -0.2) is 9.55 Å². The summed E-state index contributed by atoms with van der Waals surface area (Å²) in [5.41, 5.74) is 10.5. The molecular formula is C40H33IrN3+. The molecule has 8 rings (SSSR count). The van der Waals surface area contributed by atoms with Crippen molar-refractivity contribution in [3.05, 3.63) is 157 Å². The van der Waals surface area contributed by atoms with Crippen LogP contribution in [-0.2, 0) is 25.5 Å². The number of para-hydroxylation sites is 1. The second kappa shape index (κ2) is 12.0. The number of nitrogens with zero attached hydrogens (tertiary/aromatic N) is 3. The van der Waals surface area contributed by atoms with E-state index in [9.17, 15) is 0 Å². The van der Waals surface area contributed by atoms with Gasteiger partial charge in [-0.05, 0) is 52.0 Å². The molecule has 0 fully saturated rings. The number of imidazole rings is 1. The van der Waals surface area contributed by atoms with Gasteiger partial charge in [-0.25, -0.2) is 0 Å². The van der Waals surface area contributed by atoms with E-state index in [1.807, 2.05) is 42.5 Å². The second-order valence-corrected chi connectivity index (χ2v) is 11.9. The minimum atomic E-state index is -0.131. The summed E-state index contributed by atoms with van der Waals surface area (Å²) in [6.45, 7) is 9.13. The Morgan fingerprint density at radius 1 is 0.795 bits per heavy atom. The van der Waals surface area contributed by atoms with Gasteiger partial charge in [-0.15, -0.1) is 58.3 Å². The van der Waals surface area contributed by atoms with Gasteiger partial charge in [0.25, 0.3) is 6.33 Å². The third-order valence-corrected chi connectivity index (χ3v) is 8.50. The molecule has 0 amide bonds. The van der Waals surface area contributed by atoms with E-state index in [1.165, 1.54) is 38.5 Å². The van der Waals surface area contributed by atoms with Crippen LogP contribution in [0.3, 0.4) is 0 Å². The molecular weight excluding hydrogens is 715 g/mol. The van der Waals surface area contributed by atoms with Gasteiger partial charge in [0.15, 0.2) is 0 Å². The van der Waals surface area contributed by atoms with E-state index < -0.39 is 0 Å². The first kappa shape index (κ1) is 29.7. The number of fused-ring (bicyclic) bond motifs is 4. The average Bonchev–Trinajstić information content (AvgIpc) is 3.45. The van der Waals surface area contributed by atoms with Gasteiger partial charge in [-0.3, -0.25) is 4.57 Å². The Hall–Kier alpha value is -4.37. The van der Waals surface area contributed by atoms with E-state index in [0.29, 0.717) is 5.92 Å². The van der Waals surface area contributed by atoms with Crippen molar-refractivity contribution in [1.29, 1.82) is 0 Å². The summed E-state index contributed by atoms with van der Waals surface area (Å²) in [6, 6.07) is 46.7. The van der Waals surface area contributed by atoms with Crippen molar-refractivity contribution in [3.63, 3.8) is 0 Å². The van der Waals surface area contributed by atoms with Crippen LogP contribution in [0.2, 0.25) is 0 Å². The standard InChI is InChI=1S/C29H25N2.C11H8N.Ir/c1-19(2)20-12-15-22(16-13-20)30-18-31-25-17-14-21-8-5-6-9-23(21)27(25)29(3,4)24-10-7-11-26(30)28(24)31;1-2-6-10(7-3-1)11-8-4-5-9-12-11;/h5-16,19H,1-4H3;1-6,8-9H;/q2*-1;+3. The maximum Gasteiger partial charge on any atom is 3.00 e. The van der Waals surface area contributed by atoms with Gasteiger partial charge < -0.3 is 9.55 Å². The van der Waals surface area contributed by atoms with E-state index in [1.54, 1.807) is 6.20 Å². The fraction of sp³-hybridized carbons (Fsp3) is 0.150. The molecule has 1 aliphatic heterocycles. The zero-order valence-electron chi connectivity index (χ0n) is 25.3. The van der Waals surface area contributed by atoms with Crippen molar-refractivity contribution >= 4 is 21.8 Å². The van der Waals surface area contributed by atoms with Crippen LogP contribution in [0, 0.1) is 18.5 Å². The Morgan fingerprint density at radius 2 is 1.57 bits per heavy atom. The maximum atomic E-state index is 4.22. The normalized spacial score (nSPS) is 12.8. The van der Waals surface area contributed by atoms with Crippen molar-refractivity contribution in [2.75, 3.05) is 0 Å². The van der Waals surface area contributed by atoms with Gasteiger partial charge in [0.05, 0.1) is 16.7 Å². The zero-order chi connectivity index (χ0) is 29.6. The molecule has 0 atom stereocenters. The molecule has 2 aromatic heterocycles. The molecule has 0 radical (unpaired) electrons. The van der Waals surface area contributed by atoms with Gasteiger partial charge >= 0.3 is 20.1 Å². The van der Waals surface area contributed by atoms with E-state index in [2.05, 4.69) is 133 Å². The Labute approximate surface area is 273 Å². The molecule has 5 aromatic carbocycles. The largest absolute Gasteiger partial charge is 3.00 e. The molecule has 3 nitrogen and oxygen atoms in total. The van der Waals surface area contributed by atoms with Gasteiger partial charge in [0.2, 0.25) is 0 Å². The van der Waals surface area contributed by atoms with E-state index in [0.717, 1.165) is 22.6 Å². The van der Waals surface area contributed by atoms with Crippen LogP contribution in [0.1, 0.15) is 50.3 Å². The van der Waals surface area contributed by atoms with Crippen LogP contribution in [0.25, 0.3) is 44.4 Å². The second-order valence-electron chi connectivity index (χ2n) is 11.9. The molecule has 0 saturated heterocycles. The quantitative estimate of drug-likeness (QED) is 0.131. The third-order valence-electron chi connectivity index (χ3n) is 8.50. The minimum Gasteiger partial charge on any atom is -0.314 e. The fourth-order valence-electron chi connectivity index (χ4n) is 6.24. The molecule has 44 heavy (non-hydrogen) atoms. The SMILES string of the molecule is CC(C)c1ccc(-n2[c-][n+]3c4c(cccc42)C(C)(C)c2c-3[c-]cc3ccccc23)cc1.[Ir+3].[c-]1ccccc1-c1ccccn1. The fourth-order valence-corrected chi connectivity index (χ4v) is 6.24. The van der Waals surface area contributed by atoms with E-state index in [-0.39, 0.29) is 25.5 Å². The third kappa shape index (κ3) is 5.09. The Bertz CT molecular complexity index is 2020. The molecule has 0 aliphatic carbocycles. The van der Waals surface area contributed by atoms with E-state index >= 15 is 0 Å². The topological polar surface area (TPSA) is 21.7 Å². The summed E-state index contributed by atoms with van der Waals surface area (Å²) >= 11 is 0. The first-order chi connectivity index (χ1) is 20.9. The first-order valence-electron chi connectivity index (χ1n) is 14.9. The van der Waals surface area contributed by atoms with Crippen molar-refractivity contribution in [2.24, 2.45) is 0 Å². The summed E-state index contributed by atoms with van der Waals surface area (Å²) in [5.74, 6) is 0.522. The maximum absolute atomic E-state index is 4.22. The van der Waals surface area contributed by atoms with Crippen LogP contribution in [0.4, 0.5) is 0 Å². The first-order valence-corrected chi connectivity index (χ1v) is 14.9. The van der Waals surface area contributed by atoms with Gasteiger partial charge in [0.1, 0.15) is 0 Å². The number of rotatable bonds is 3. The number of pyridine rings is 1. The predicted octanol–water partition coefficient (Wildman–Crippen LogP) is 8.97. The zero-order valence-corrected chi connectivity index (χ0v) is 27.7. The number of hydrogen-bond acceptors (Lipinski definition) is 1. The molecule has 0 spiro atoms. The van der Waals surface area contributed by atoms with Gasteiger partial charge in [0, 0.05) is 6.20 Å². The van der Waals surface area contributed by atoms with E-state index in [4.69, 9.17) is 0 Å². The molecule has 7 aromatic rings. The summed E-state index contributed by atoms with van der Waals surface area (Å²) in [4.78, 5) is 4.22. The summed E-state index contributed by atoms with van der Waals surface area (Å²) < 4.78 is 4.41. The molecule has 0 unspecified atom stereocenters. The summed E-state index contributed by atoms with van der Waals surface area (Å²) in [7, 11) is 0. The van der Waals surface area contributed by atoms with Crippen molar-refractivity contribution in [2.45, 2.75) is 39.0 Å². The Balaban J connectivity index is 0.000000222. The molecule has 216 valence electrons. The van der Waals surface area contributed by atoms with Crippen LogP contribution >= 0.6 is 0 Å². The Kier molecular flexibility index (Phi) is 8.07. The Morgan fingerprint density at radius 3 is 2.30 bits per heavy atom. The van der Waals surface area contributed by atoms with Crippen molar-refractivity contribution in [1.82, 2.24) is 9.55 Å². The molecule has 0 bridgehead atoms. The van der Waals surface area contributed by atoms with Gasteiger partial charge in [-0.2, -0.15) is 12.1 Å². The average molecular weight is 748 g/mol. The van der Waals surface area contributed by atoms with Crippen molar-refractivity contribution in [3.8, 4) is 22.6 Å². The monoisotopic (exact) mass is 748 g/mol. The molecule has 0 saturated carbocycles. The van der Waals surface area contributed by atoms with Crippen LogP contribution in [0.15, 0.2) is 121 Å². The van der Waals surface area contributed by atoms with Crippen LogP contribution in [0.5, 0.6) is 0 Å². The van der Waals surface area contributed by atoms with Crippen molar-refractivity contribution < 1.29 is 24.7 Å².